The van der Waals surface area contributed by atoms with E-state index < -0.39 is 23.7 Å². The van der Waals surface area contributed by atoms with Crippen LogP contribution in [0.2, 0.25) is 0 Å². The second-order valence-corrected chi connectivity index (χ2v) is 8.20. The Morgan fingerprint density at radius 1 is 1.03 bits per heavy atom. The quantitative estimate of drug-likeness (QED) is 0.635. The lowest BCUT2D eigenvalue weighted by molar-refractivity contribution is -0.147. The summed E-state index contributed by atoms with van der Waals surface area (Å²) >= 11 is 0. The Morgan fingerprint density at radius 3 is 2.37 bits per heavy atom. The number of esters is 1. The zero-order valence-electron chi connectivity index (χ0n) is 18.4. The fourth-order valence-electron chi connectivity index (χ4n) is 2.78. The maximum absolute atomic E-state index is 12.6. The van der Waals surface area contributed by atoms with Crippen molar-refractivity contribution in [3.05, 3.63) is 65.2 Å². The van der Waals surface area contributed by atoms with E-state index in [0.717, 1.165) is 22.4 Å². The highest BCUT2D eigenvalue weighted by atomic mass is 16.6. The maximum atomic E-state index is 12.6. The average Bonchev–Trinajstić information content (AvgIpc) is 2.66. The smallest absolute Gasteiger partial charge is 0.408 e. The van der Waals surface area contributed by atoms with Crippen LogP contribution in [0.4, 0.5) is 4.79 Å². The summed E-state index contributed by atoms with van der Waals surface area (Å²) in [6.45, 7) is 9.64. The molecular weight excluding hydrogens is 382 g/mol. The molecule has 0 bridgehead atoms. The van der Waals surface area contributed by atoms with E-state index in [1.807, 2.05) is 62.4 Å². The van der Waals surface area contributed by atoms with Gasteiger partial charge in [-0.2, -0.15) is 0 Å². The molecule has 2 aromatic rings. The molecule has 0 fully saturated rings. The summed E-state index contributed by atoms with van der Waals surface area (Å²) < 4.78 is 16.5. The predicted octanol–water partition coefficient (Wildman–Crippen LogP) is 4.71. The minimum Gasteiger partial charge on any atom is -0.493 e. The molecule has 0 aromatic heterocycles. The number of hydrogen-bond acceptors (Lipinski definition) is 5. The lowest BCUT2D eigenvalue weighted by Gasteiger charge is -2.23. The van der Waals surface area contributed by atoms with Crippen LogP contribution in [0.5, 0.6) is 5.75 Å². The van der Waals surface area contributed by atoms with Gasteiger partial charge in [0.15, 0.2) is 0 Å². The topological polar surface area (TPSA) is 73.9 Å². The lowest BCUT2D eigenvalue weighted by Crippen LogP contribution is -2.45. The Labute approximate surface area is 178 Å². The van der Waals surface area contributed by atoms with E-state index in [2.05, 4.69) is 5.32 Å². The predicted molar refractivity (Wildman–Crippen MR) is 115 cm³/mol. The van der Waals surface area contributed by atoms with Gasteiger partial charge in [-0.05, 0) is 51.8 Å². The molecule has 0 radical (unpaired) electrons. The molecule has 30 heavy (non-hydrogen) atoms. The maximum Gasteiger partial charge on any atom is 0.408 e. The number of ether oxygens (including phenoxy) is 3. The van der Waals surface area contributed by atoms with Gasteiger partial charge in [-0.1, -0.05) is 48.0 Å². The second-order valence-electron chi connectivity index (χ2n) is 8.20. The van der Waals surface area contributed by atoms with Crippen LogP contribution in [0.15, 0.2) is 48.5 Å². The summed E-state index contributed by atoms with van der Waals surface area (Å²) in [5.41, 5.74) is 2.36. The van der Waals surface area contributed by atoms with Crippen LogP contribution in [0.3, 0.4) is 0 Å². The van der Waals surface area contributed by atoms with E-state index >= 15 is 0 Å². The fourth-order valence-corrected chi connectivity index (χ4v) is 2.78. The number of carbonyl (C=O) groups excluding carboxylic acids is 2. The number of rotatable bonds is 8. The molecule has 0 aliphatic heterocycles. The summed E-state index contributed by atoms with van der Waals surface area (Å²) in [7, 11) is 0. The largest absolute Gasteiger partial charge is 0.493 e. The summed E-state index contributed by atoms with van der Waals surface area (Å²) in [4.78, 5) is 24.8. The summed E-state index contributed by atoms with van der Waals surface area (Å²) in [5, 5.41) is 2.60. The molecule has 1 N–H and O–H groups in total. The Hall–Kier alpha value is -3.02. The first-order valence-corrected chi connectivity index (χ1v) is 10.0. The van der Waals surface area contributed by atoms with Crippen molar-refractivity contribution in [3.63, 3.8) is 0 Å². The van der Waals surface area contributed by atoms with Crippen LogP contribution >= 0.6 is 0 Å². The highest BCUT2D eigenvalue weighted by molar-refractivity contribution is 5.81. The van der Waals surface area contributed by atoms with Gasteiger partial charge in [0.25, 0.3) is 0 Å². The molecule has 1 atom stereocenters. The standard InChI is InChI=1S/C24H31NO5/c1-17-11-12-21(18(2)15-17)28-14-13-20(25-23(27)30-24(3,4)5)22(26)29-16-19-9-7-6-8-10-19/h6-12,15,20H,13-14,16H2,1-5H3,(H,25,27)/t20-/m1/s1. The highest BCUT2D eigenvalue weighted by Gasteiger charge is 2.25. The third-order valence-electron chi connectivity index (χ3n) is 4.19. The van der Waals surface area contributed by atoms with Crippen LogP contribution in [-0.2, 0) is 20.9 Å². The molecule has 0 saturated carbocycles. The molecular formula is C24H31NO5. The van der Waals surface area contributed by atoms with Crippen molar-refractivity contribution in [2.45, 2.75) is 59.3 Å². The molecule has 0 heterocycles. The number of benzene rings is 2. The van der Waals surface area contributed by atoms with Crippen molar-refractivity contribution in [2.75, 3.05) is 6.61 Å². The first kappa shape index (κ1) is 23.3. The van der Waals surface area contributed by atoms with E-state index in [0.29, 0.717) is 0 Å². The Morgan fingerprint density at radius 2 is 1.73 bits per heavy atom. The normalized spacial score (nSPS) is 12.0. The van der Waals surface area contributed by atoms with Crippen molar-refractivity contribution in [1.82, 2.24) is 5.32 Å². The molecule has 6 heteroatoms. The van der Waals surface area contributed by atoms with Crippen LogP contribution in [0.1, 0.15) is 43.9 Å². The number of aryl methyl sites for hydroxylation is 2. The van der Waals surface area contributed by atoms with Crippen molar-refractivity contribution in [3.8, 4) is 5.75 Å². The van der Waals surface area contributed by atoms with Gasteiger partial charge in [-0.25, -0.2) is 9.59 Å². The zero-order chi connectivity index (χ0) is 22.1. The minimum atomic E-state index is -0.880. The van der Waals surface area contributed by atoms with Crippen molar-refractivity contribution in [2.24, 2.45) is 0 Å². The van der Waals surface area contributed by atoms with Crippen LogP contribution in [0.25, 0.3) is 0 Å². The third kappa shape index (κ3) is 8.15. The molecule has 162 valence electrons. The number of nitrogens with one attached hydrogen (secondary N) is 1. The lowest BCUT2D eigenvalue weighted by atomic mass is 10.1. The van der Waals surface area contributed by atoms with E-state index in [9.17, 15) is 9.59 Å². The molecule has 1 amide bonds. The number of amides is 1. The van der Waals surface area contributed by atoms with Crippen LogP contribution < -0.4 is 10.1 Å². The van der Waals surface area contributed by atoms with Crippen molar-refractivity contribution < 1.29 is 23.8 Å². The summed E-state index contributed by atoms with van der Waals surface area (Å²) in [6, 6.07) is 14.4. The SMILES string of the molecule is Cc1ccc(OCC[C@@H](NC(=O)OC(C)(C)C)C(=O)OCc2ccccc2)c(C)c1. The van der Waals surface area contributed by atoms with Gasteiger partial charge in [-0.3, -0.25) is 0 Å². The Kier molecular flexibility index (Phi) is 8.27. The fraction of sp³-hybridized carbons (Fsp3) is 0.417. The van der Waals surface area contributed by atoms with Gasteiger partial charge < -0.3 is 19.5 Å². The highest BCUT2D eigenvalue weighted by Crippen LogP contribution is 2.19. The van der Waals surface area contributed by atoms with E-state index in [1.165, 1.54) is 0 Å². The van der Waals surface area contributed by atoms with Crippen LogP contribution in [-0.4, -0.2) is 30.3 Å². The van der Waals surface area contributed by atoms with Crippen molar-refractivity contribution in [1.29, 1.82) is 0 Å². The van der Waals surface area contributed by atoms with Gasteiger partial charge in [0.05, 0.1) is 6.61 Å². The van der Waals surface area contributed by atoms with Crippen LogP contribution in [0, 0.1) is 13.8 Å². The number of carbonyl (C=O) groups is 2. The monoisotopic (exact) mass is 413 g/mol. The van der Waals surface area contributed by atoms with Gasteiger partial charge in [0.1, 0.15) is 24.0 Å². The van der Waals surface area contributed by atoms with E-state index in [-0.39, 0.29) is 19.6 Å². The van der Waals surface area contributed by atoms with E-state index in [4.69, 9.17) is 14.2 Å². The van der Waals surface area contributed by atoms with E-state index in [1.54, 1.807) is 20.8 Å². The molecule has 2 aromatic carbocycles. The zero-order valence-corrected chi connectivity index (χ0v) is 18.4. The van der Waals surface area contributed by atoms with Gasteiger partial charge in [-0.15, -0.1) is 0 Å². The van der Waals surface area contributed by atoms with Gasteiger partial charge >= 0.3 is 12.1 Å². The number of hydrogen-bond donors (Lipinski definition) is 1. The van der Waals surface area contributed by atoms with Crippen molar-refractivity contribution >= 4 is 12.1 Å². The average molecular weight is 414 g/mol. The molecule has 0 aliphatic rings. The first-order valence-electron chi connectivity index (χ1n) is 10.0. The molecule has 6 nitrogen and oxygen atoms in total. The first-order chi connectivity index (χ1) is 14.1. The summed E-state index contributed by atoms with van der Waals surface area (Å²) in [5.74, 6) is 0.211. The third-order valence-corrected chi connectivity index (χ3v) is 4.19. The summed E-state index contributed by atoms with van der Waals surface area (Å²) in [6.07, 6.45) is -0.420. The molecule has 2 rings (SSSR count). The molecule has 0 saturated heterocycles. The Bertz CT molecular complexity index is 842. The Balaban J connectivity index is 1.98. The minimum absolute atomic E-state index is 0.129. The molecule has 0 spiro atoms. The molecule has 0 aliphatic carbocycles. The molecule has 0 unspecified atom stereocenters. The second kappa shape index (κ2) is 10.7. The van der Waals surface area contributed by atoms with Gasteiger partial charge in [0.2, 0.25) is 0 Å². The van der Waals surface area contributed by atoms with Gasteiger partial charge in [0, 0.05) is 6.42 Å². The number of alkyl carbamates (subject to hydrolysis) is 1.